The topological polar surface area (TPSA) is 62.7 Å². The molecule has 128 valence electrons. The van der Waals surface area contributed by atoms with Gasteiger partial charge in [0.05, 0.1) is 21.9 Å². The molecule has 0 spiro atoms. The minimum Gasteiger partial charge on any atom is -0.353 e. The maximum atomic E-state index is 13.6. The molecule has 0 saturated carbocycles. The molecule has 8 heteroatoms. The van der Waals surface area contributed by atoms with Crippen LogP contribution in [0.2, 0.25) is 10.0 Å². The molecule has 0 amide bonds. The van der Waals surface area contributed by atoms with Gasteiger partial charge in [-0.15, -0.1) is 5.10 Å². The summed E-state index contributed by atoms with van der Waals surface area (Å²) >= 11 is 12.1. The summed E-state index contributed by atoms with van der Waals surface area (Å²) < 4.78 is 13.6. The fourth-order valence-electron chi connectivity index (χ4n) is 2.19. The molecule has 1 aromatic heterocycles. The van der Waals surface area contributed by atoms with Gasteiger partial charge < -0.3 is 10.6 Å². The summed E-state index contributed by atoms with van der Waals surface area (Å²) in [5, 5.41) is 14.7. The van der Waals surface area contributed by atoms with Gasteiger partial charge >= 0.3 is 0 Å². The first kappa shape index (κ1) is 17.4. The summed E-state index contributed by atoms with van der Waals surface area (Å²) in [6.07, 6.45) is 1.98. The van der Waals surface area contributed by atoms with E-state index in [2.05, 4.69) is 25.8 Å². The summed E-state index contributed by atoms with van der Waals surface area (Å²) in [5.74, 6) is 0.571. The number of benzene rings is 2. The van der Waals surface area contributed by atoms with Crippen LogP contribution in [0.4, 0.5) is 21.8 Å². The first-order chi connectivity index (χ1) is 12.1. The largest absolute Gasteiger partial charge is 0.353 e. The SMILES string of the molecule is Fc1ccccc1CCNc1nncc(Nc2cccc(Cl)c2Cl)n1. The van der Waals surface area contributed by atoms with Crippen LogP contribution in [0.1, 0.15) is 5.56 Å². The second kappa shape index (κ2) is 8.09. The van der Waals surface area contributed by atoms with Crippen molar-refractivity contribution < 1.29 is 4.39 Å². The summed E-state index contributed by atoms with van der Waals surface area (Å²) in [6, 6.07) is 11.9. The van der Waals surface area contributed by atoms with E-state index < -0.39 is 0 Å². The van der Waals surface area contributed by atoms with Gasteiger partial charge in [0.15, 0.2) is 5.82 Å². The highest BCUT2D eigenvalue weighted by molar-refractivity contribution is 6.43. The van der Waals surface area contributed by atoms with E-state index in [4.69, 9.17) is 23.2 Å². The number of aromatic nitrogens is 3. The van der Waals surface area contributed by atoms with Crippen molar-refractivity contribution in [3.63, 3.8) is 0 Å². The van der Waals surface area contributed by atoms with E-state index in [-0.39, 0.29) is 5.82 Å². The molecular weight excluding hydrogens is 364 g/mol. The molecule has 3 rings (SSSR count). The third kappa shape index (κ3) is 4.55. The van der Waals surface area contributed by atoms with Gasteiger partial charge in [-0.2, -0.15) is 10.1 Å². The van der Waals surface area contributed by atoms with Gasteiger partial charge in [0.1, 0.15) is 5.82 Å². The zero-order valence-electron chi connectivity index (χ0n) is 13.0. The van der Waals surface area contributed by atoms with Gasteiger partial charge in [0.2, 0.25) is 5.95 Å². The van der Waals surface area contributed by atoms with Crippen LogP contribution in [0.15, 0.2) is 48.7 Å². The van der Waals surface area contributed by atoms with Crippen LogP contribution < -0.4 is 10.6 Å². The maximum absolute atomic E-state index is 13.6. The summed E-state index contributed by atoms with van der Waals surface area (Å²) in [7, 11) is 0. The van der Waals surface area contributed by atoms with Crippen molar-refractivity contribution in [2.24, 2.45) is 0 Å². The van der Waals surface area contributed by atoms with E-state index in [1.54, 1.807) is 36.4 Å². The lowest BCUT2D eigenvalue weighted by molar-refractivity contribution is 0.610. The molecule has 2 aromatic carbocycles. The van der Waals surface area contributed by atoms with Crippen molar-refractivity contribution in [3.05, 3.63) is 70.1 Å². The lowest BCUT2D eigenvalue weighted by Gasteiger charge is -2.09. The predicted molar refractivity (Wildman–Crippen MR) is 98.2 cm³/mol. The van der Waals surface area contributed by atoms with Gasteiger partial charge in [0, 0.05) is 6.54 Å². The highest BCUT2D eigenvalue weighted by Gasteiger charge is 2.07. The molecule has 3 aromatic rings. The van der Waals surface area contributed by atoms with Crippen LogP contribution in [-0.2, 0) is 6.42 Å². The second-order valence-electron chi connectivity index (χ2n) is 5.16. The first-order valence-corrected chi connectivity index (χ1v) is 8.27. The monoisotopic (exact) mass is 377 g/mol. The quantitative estimate of drug-likeness (QED) is 0.650. The van der Waals surface area contributed by atoms with Crippen LogP contribution in [-0.4, -0.2) is 21.7 Å². The molecule has 0 radical (unpaired) electrons. The van der Waals surface area contributed by atoms with E-state index in [9.17, 15) is 4.39 Å². The van der Waals surface area contributed by atoms with Crippen molar-refractivity contribution in [2.45, 2.75) is 6.42 Å². The van der Waals surface area contributed by atoms with Crippen molar-refractivity contribution >= 4 is 40.7 Å². The highest BCUT2D eigenvalue weighted by Crippen LogP contribution is 2.31. The minimum absolute atomic E-state index is 0.227. The summed E-state index contributed by atoms with van der Waals surface area (Å²) in [5.41, 5.74) is 1.25. The zero-order valence-corrected chi connectivity index (χ0v) is 14.5. The predicted octanol–water partition coefficient (Wildman–Crippen LogP) is 4.72. The molecular formula is C17H14Cl2FN5. The average Bonchev–Trinajstić information content (AvgIpc) is 2.61. The van der Waals surface area contributed by atoms with Crippen LogP contribution >= 0.6 is 23.2 Å². The van der Waals surface area contributed by atoms with E-state index in [1.165, 1.54) is 12.3 Å². The Balaban J connectivity index is 1.63. The highest BCUT2D eigenvalue weighted by atomic mass is 35.5. The molecule has 0 atom stereocenters. The van der Waals surface area contributed by atoms with E-state index in [0.29, 0.717) is 46.0 Å². The molecule has 0 unspecified atom stereocenters. The molecule has 1 heterocycles. The molecule has 0 fully saturated rings. The molecule has 0 saturated heterocycles. The Bertz CT molecular complexity index is 875. The Kier molecular flexibility index (Phi) is 5.63. The lowest BCUT2D eigenvalue weighted by Crippen LogP contribution is -2.10. The number of hydrogen-bond donors (Lipinski definition) is 2. The van der Waals surface area contributed by atoms with Crippen molar-refractivity contribution in [1.82, 2.24) is 15.2 Å². The summed E-state index contributed by atoms with van der Waals surface area (Å²) in [4.78, 5) is 4.30. The molecule has 0 aliphatic rings. The molecule has 5 nitrogen and oxygen atoms in total. The van der Waals surface area contributed by atoms with Crippen molar-refractivity contribution in [2.75, 3.05) is 17.2 Å². The number of nitrogens with one attached hydrogen (secondary N) is 2. The Hall–Kier alpha value is -2.44. The average molecular weight is 378 g/mol. The van der Waals surface area contributed by atoms with Crippen molar-refractivity contribution in [3.8, 4) is 0 Å². The molecule has 25 heavy (non-hydrogen) atoms. The Labute approximate surface area is 154 Å². The zero-order chi connectivity index (χ0) is 17.6. The number of anilines is 3. The molecule has 0 bridgehead atoms. The standard InChI is InChI=1S/C17H14Cl2FN5/c18-12-5-3-7-14(16(12)19)23-15-10-22-25-17(24-15)21-9-8-11-4-1-2-6-13(11)20/h1-7,10H,8-9H2,(H2,21,23,24,25). The van der Waals surface area contributed by atoms with Crippen molar-refractivity contribution in [1.29, 1.82) is 0 Å². The van der Waals surface area contributed by atoms with Crippen LogP contribution in [0.5, 0.6) is 0 Å². The summed E-state index contributed by atoms with van der Waals surface area (Å²) in [6.45, 7) is 0.476. The van der Waals surface area contributed by atoms with Crippen LogP contribution in [0.25, 0.3) is 0 Å². The van der Waals surface area contributed by atoms with Gasteiger partial charge in [0.25, 0.3) is 0 Å². The van der Waals surface area contributed by atoms with Gasteiger partial charge in [-0.25, -0.2) is 4.39 Å². The third-order valence-corrected chi connectivity index (χ3v) is 4.23. The lowest BCUT2D eigenvalue weighted by atomic mass is 10.1. The van der Waals surface area contributed by atoms with Crippen LogP contribution in [0, 0.1) is 5.82 Å². The second-order valence-corrected chi connectivity index (χ2v) is 5.94. The Morgan fingerprint density at radius 3 is 2.72 bits per heavy atom. The molecule has 2 N–H and O–H groups in total. The fraction of sp³-hybridized carbons (Fsp3) is 0.118. The smallest absolute Gasteiger partial charge is 0.244 e. The Morgan fingerprint density at radius 2 is 1.88 bits per heavy atom. The van der Waals surface area contributed by atoms with E-state index in [0.717, 1.165) is 0 Å². The van der Waals surface area contributed by atoms with Crippen LogP contribution in [0.3, 0.4) is 0 Å². The maximum Gasteiger partial charge on any atom is 0.244 e. The van der Waals surface area contributed by atoms with E-state index >= 15 is 0 Å². The fourth-order valence-corrected chi connectivity index (χ4v) is 2.53. The third-order valence-electron chi connectivity index (χ3n) is 3.41. The molecule has 0 aliphatic carbocycles. The number of rotatable bonds is 6. The number of nitrogens with zero attached hydrogens (tertiary/aromatic N) is 3. The van der Waals surface area contributed by atoms with Gasteiger partial charge in [-0.3, -0.25) is 0 Å². The van der Waals surface area contributed by atoms with Gasteiger partial charge in [-0.05, 0) is 30.2 Å². The van der Waals surface area contributed by atoms with Gasteiger partial charge in [-0.1, -0.05) is 47.5 Å². The molecule has 0 aliphatic heterocycles. The van der Waals surface area contributed by atoms with E-state index in [1.807, 2.05) is 0 Å². The minimum atomic E-state index is -0.227. The Morgan fingerprint density at radius 1 is 1.04 bits per heavy atom. The number of halogens is 3. The first-order valence-electron chi connectivity index (χ1n) is 7.51. The number of hydrogen-bond acceptors (Lipinski definition) is 5. The normalized spacial score (nSPS) is 10.5.